The van der Waals surface area contributed by atoms with Gasteiger partial charge in [0.05, 0.1) is 7.11 Å². The van der Waals surface area contributed by atoms with Crippen LogP contribution in [-0.2, 0) is 4.74 Å². The molecule has 0 atom stereocenters. The second-order valence-electron chi connectivity index (χ2n) is 3.85. The summed E-state index contributed by atoms with van der Waals surface area (Å²) in [5.41, 5.74) is 3.05. The predicted octanol–water partition coefficient (Wildman–Crippen LogP) is 3.30. The van der Waals surface area contributed by atoms with Crippen LogP contribution in [0.2, 0.25) is 0 Å². The molecule has 0 fully saturated rings. The van der Waals surface area contributed by atoms with Gasteiger partial charge in [0, 0.05) is 5.69 Å². The molecule has 1 aromatic carbocycles. The Labute approximate surface area is 90.4 Å². The molecule has 15 heavy (non-hydrogen) atoms. The first-order chi connectivity index (χ1) is 7.04. The van der Waals surface area contributed by atoms with Crippen LogP contribution in [0.4, 0.5) is 10.5 Å². The minimum atomic E-state index is -0.431. The lowest BCUT2D eigenvalue weighted by atomic mass is 10.0. The number of hydrogen-bond acceptors (Lipinski definition) is 2. The maximum atomic E-state index is 11.1. The van der Waals surface area contributed by atoms with Gasteiger partial charge < -0.3 is 4.74 Å². The zero-order valence-electron chi connectivity index (χ0n) is 9.63. The molecule has 0 bridgehead atoms. The van der Waals surface area contributed by atoms with Crippen LogP contribution in [-0.4, -0.2) is 13.2 Å². The van der Waals surface area contributed by atoms with Crippen LogP contribution in [0.15, 0.2) is 18.2 Å². The standard InChI is InChI=1S/C12H17NO2/c1-8(2)10-6-5-9(3)11(7-10)13-12(14)15-4/h5-8H,1-4H3,(H,13,14). The van der Waals surface area contributed by atoms with Crippen LogP contribution in [0.1, 0.15) is 30.9 Å². The van der Waals surface area contributed by atoms with Gasteiger partial charge >= 0.3 is 6.09 Å². The summed E-state index contributed by atoms with van der Waals surface area (Å²) < 4.78 is 4.56. The average Bonchev–Trinajstić information content (AvgIpc) is 2.20. The fraction of sp³-hybridized carbons (Fsp3) is 0.417. The lowest BCUT2D eigenvalue weighted by molar-refractivity contribution is 0.187. The summed E-state index contributed by atoms with van der Waals surface area (Å²) in [5.74, 6) is 0.448. The number of nitrogens with one attached hydrogen (secondary N) is 1. The highest BCUT2D eigenvalue weighted by Crippen LogP contribution is 2.22. The Morgan fingerprint density at radius 3 is 2.60 bits per heavy atom. The van der Waals surface area contributed by atoms with Crippen molar-refractivity contribution >= 4 is 11.8 Å². The van der Waals surface area contributed by atoms with E-state index in [4.69, 9.17) is 0 Å². The summed E-state index contributed by atoms with van der Waals surface area (Å²) in [7, 11) is 1.36. The molecule has 0 saturated carbocycles. The highest BCUT2D eigenvalue weighted by Gasteiger charge is 2.06. The fourth-order valence-electron chi connectivity index (χ4n) is 1.29. The molecule has 0 aliphatic rings. The average molecular weight is 207 g/mol. The highest BCUT2D eigenvalue weighted by molar-refractivity contribution is 5.85. The first-order valence-corrected chi connectivity index (χ1v) is 5.00. The Hall–Kier alpha value is -1.51. The third-order valence-electron chi connectivity index (χ3n) is 2.35. The molecule has 3 nitrogen and oxygen atoms in total. The molecule has 0 aliphatic heterocycles. The van der Waals surface area contributed by atoms with Crippen molar-refractivity contribution in [2.45, 2.75) is 26.7 Å². The number of hydrogen-bond donors (Lipinski definition) is 1. The zero-order valence-corrected chi connectivity index (χ0v) is 9.63. The van der Waals surface area contributed by atoms with E-state index < -0.39 is 6.09 Å². The van der Waals surface area contributed by atoms with Gasteiger partial charge in [-0.15, -0.1) is 0 Å². The molecule has 0 spiro atoms. The predicted molar refractivity (Wildman–Crippen MR) is 61.3 cm³/mol. The minimum Gasteiger partial charge on any atom is -0.453 e. The van der Waals surface area contributed by atoms with E-state index >= 15 is 0 Å². The van der Waals surface area contributed by atoms with E-state index in [0.717, 1.165) is 11.3 Å². The van der Waals surface area contributed by atoms with Crippen molar-refractivity contribution in [1.29, 1.82) is 0 Å². The number of methoxy groups -OCH3 is 1. The maximum absolute atomic E-state index is 11.1. The lowest BCUT2D eigenvalue weighted by Gasteiger charge is -2.11. The van der Waals surface area contributed by atoms with Crippen LogP contribution in [0.25, 0.3) is 0 Å². The summed E-state index contributed by atoms with van der Waals surface area (Å²) in [4.78, 5) is 11.1. The van der Waals surface area contributed by atoms with Crippen molar-refractivity contribution in [1.82, 2.24) is 0 Å². The number of ether oxygens (including phenoxy) is 1. The molecule has 0 aromatic heterocycles. The molecule has 0 unspecified atom stereocenters. The van der Waals surface area contributed by atoms with Crippen LogP contribution in [0, 0.1) is 6.92 Å². The molecule has 1 amide bonds. The molecule has 82 valence electrons. The van der Waals surface area contributed by atoms with E-state index in [9.17, 15) is 4.79 Å². The Bertz CT molecular complexity index is 359. The summed E-state index contributed by atoms with van der Waals surface area (Å²) in [6, 6.07) is 6.06. The third kappa shape index (κ3) is 2.98. The van der Waals surface area contributed by atoms with Crippen LogP contribution in [0.5, 0.6) is 0 Å². The van der Waals surface area contributed by atoms with Crippen molar-refractivity contribution in [2.24, 2.45) is 0 Å². The number of rotatable bonds is 2. The van der Waals surface area contributed by atoms with Gasteiger partial charge in [-0.05, 0) is 30.0 Å². The van der Waals surface area contributed by atoms with Gasteiger partial charge in [0.25, 0.3) is 0 Å². The van der Waals surface area contributed by atoms with E-state index in [2.05, 4.69) is 30.0 Å². The molecule has 0 saturated heterocycles. The molecule has 1 N–H and O–H groups in total. The minimum absolute atomic E-state index is 0.431. The lowest BCUT2D eigenvalue weighted by Crippen LogP contribution is -2.12. The summed E-state index contributed by atoms with van der Waals surface area (Å²) in [5, 5.41) is 2.69. The summed E-state index contributed by atoms with van der Waals surface area (Å²) >= 11 is 0. The van der Waals surface area contributed by atoms with Gasteiger partial charge in [0.15, 0.2) is 0 Å². The van der Waals surface area contributed by atoms with Gasteiger partial charge in [-0.2, -0.15) is 0 Å². The smallest absolute Gasteiger partial charge is 0.411 e. The molecule has 0 radical (unpaired) electrons. The van der Waals surface area contributed by atoms with E-state index in [0.29, 0.717) is 5.92 Å². The Kier molecular flexibility index (Phi) is 3.72. The topological polar surface area (TPSA) is 38.3 Å². The molecule has 1 rings (SSSR count). The summed E-state index contributed by atoms with van der Waals surface area (Å²) in [6.45, 7) is 6.19. The van der Waals surface area contributed by atoms with E-state index in [1.54, 1.807) is 0 Å². The molecule has 3 heteroatoms. The maximum Gasteiger partial charge on any atom is 0.411 e. The number of carbonyl (C=O) groups is 1. The number of aryl methyl sites for hydroxylation is 1. The molecular weight excluding hydrogens is 190 g/mol. The van der Waals surface area contributed by atoms with Gasteiger partial charge in [0.2, 0.25) is 0 Å². The highest BCUT2D eigenvalue weighted by atomic mass is 16.5. The number of carbonyl (C=O) groups excluding carboxylic acids is 1. The van der Waals surface area contributed by atoms with Crippen molar-refractivity contribution in [3.8, 4) is 0 Å². The summed E-state index contributed by atoms with van der Waals surface area (Å²) in [6.07, 6.45) is -0.431. The number of benzene rings is 1. The SMILES string of the molecule is COC(=O)Nc1cc(C(C)C)ccc1C. The van der Waals surface area contributed by atoms with Gasteiger partial charge in [-0.3, -0.25) is 5.32 Å². The second kappa shape index (κ2) is 4.82. The quantitative estimate of drug-likeness (QED) is 0.808. The Balaban J connectivity index is 2.95. The molecule has 1 aromatic rings. The van der Waals surface area contributed by atoms with Crippen molar-refractivity contribution in [3.05, 3.63) is 29.3 Å². The van der Waals surface area contributed by atoms with Crippen LogP contribution in [0.3, 0.4) is 0 Å². The van der Waals surface area contributed by atoms with Gasteiger partial charge in [0.1, 0.15) is 0 Å². The third-order valence-corrected chi connectivity index (χ3v) is 2.35. The Morgan fingerprint density at radius 1 is 1.40 bits per heavy atom. The second-order valence-corrected chi connectivity index (χ2v) is 3.85. The number of amides is 1. The molecule has 0 aliphatic carbocycles. The van der Waals surface area contributed by atoms with E-state index in [1.807, 2.05) is 19.1 Å². The first-order valence-electron chi connectivity index (χ1n) is 5.00. The van der Waals surface area contributed by atoms with Crippen molar-refractivity contribution in [3.63, 3.8) is 0 Å². The van der Waals surface area contributed by atoms with Crippen LogP contribution < -0.4 is 5.32 Å². The largest absolute Gasteiger partial charge is 0.453 e. The fourth-order valence-corrected chi connectivity index (χ4v) is 1.29. The van der Waals surface area contributed by atoms with Crippen molar-refractivity contribution < 1.29 is 9.53 Å². The normalized spacial score (nSPS) is 10.2. The van der Waals surface area contributed by atoms with Crippen LogP contribution >= 0.6 is 0 Å². The zero-order chi connectivity index (χ0) is 11.4. The first kappa shape index (κ1) is 11.6. The van der Waals surface area contributed by atoms with Gasteiger partial charge in [-0.25, -0.2) is 4.79 Å². The monoisotopic (exact) mass is 207 g/mol. The van der Waals surface area contributed by atoms with E-state index in [-0.39, 0.29) is 0 Å². The molecule has 0 heterocycles. The molecular formula is C12H17NO2. The van der Waals surface area contributed by atoms with Gasteiger partial charge in [-0.1, -0.05) is 26.0 Å². The number of anilines is 1. The van der Waals surface area contributed by atoms with E-state index in [1.165, 1.54) is 12.7 Å². The Morgan fingerprint density at radius 2 is 2.07 bits per heavy atom. The van der Waals surface area contributed by atoms with Crippen molar-refractivity contribution in [2.75, 3.05) is 12.4 Å².